The molecule has 0 spiro atoms. The van der Waals surface area contributed by atoms with E-state index in [1.807, 2.05) is 34.6 Å². The van der Waals surface area contributed by atoms with Gasteiger partial charge in [-0.1, -0.05) is 34.6 Å². The first-order valence-electron chi connectivity index (χ1n) is 11.4. The molecular formula is C22H44N4O6. The molecule has 0 aliphatic heterocycles. The number of nitrogens with one attached hydrogen (secondary N) is 3. The zero-order valence-corrected chi connectivity index (χ0v) is 20.6. The van der Waals surface area contributed by atoms with E-state index in [1.165, 1.54) is 0 Å². The Bertz CT molecular complexity index is 557. The molecule has 0 aromatic carbocycles. The second kappa shape index (κ2) is 16.8. The Labute approximate surface area is 192 Å². The van der Waals surface area contributed by atoms with Crippen molar-refractivity contribution in [1.82, 2.24) is 16.0 Å². The molecule has 0 fully saturated rings. The van der Waals surface area contributed by atoms with Gasteiger partial charge in [-0.3, -0.25) is 14.4 Å². The van der Waals surface area contributed by atoms with Gasteiger partial charge < -0.3 is 35.9 Å². The summed E-state index contributed by atoms with van der Waals surface area (Å²) >= 11 is 0. The van der Waals surface area contributed by atoms with Crippen LogP contribution >= 0.6 is 0 Å². The van der Waals surface area contributed by atoms with Crippen LogP contribution in [0.25, 0.3) is 0 Å². The fourth-order valence-corrected chi connectivity index (χ4v) is 2.41. The van der Waals surface area contributed by atoms with Crippen molar-refractivity contribution >= 4 is 17.7 Å². The summed E-state index contributed by atoms with van der Waals surface area (Å²) in [5.74, 6) is -1.01. The predicted molar refractivity (Wildman–Crippen MR) is 123 cm³/mol. The van der Waals surface area contributed by atoms with Crippen LogP contribution in [0.2, 0.25) is 0 Å². The van der Waals surface area contributed by atoms with E-state index in [0.717, 1.165) is 0 Å². The normalized spacial score (nSPS) is 13.5. The molecule has 10 heteroatoms. The van der Waals surface area contributed by atoms with Crippen LogP contribution in [0, 0.1) is 11.3 Å². The summed E-state index contributed by atoms with van der Waals surface area (Å²) in [4.78, 5) is 37.3. The maximum absolute atomic E-state index is 12.5. The van der Waals surface area contributed by atoms with Crippen LogP contribution in [0.4, 0.5) is 0 Å². The van der Waals surface area contributed by atoms with Crippen LogP contribution in [0.5, 0.6) is 0 Å². The van der Waals surface area contributed by atoms with E-state index in [-0.39, 0.29) is 17.7 Å². The Morgan fingerprint density at radius 2 is 1.38 bits per heavy atom. The molecule has 3 amide bonds. The molecule has 2 atom stereocenters. The van der Waals surface area contributed by atoms with E-state index in [0.29, 0.717) is 59.2 Å². The predicted octanol–water partition coefficient (Wildman–Crippen LogP) is 0.193. The third kappa shape index (κ3) is 12.9. The lowest BCUT2D eigenvalue weighted by Crippen LogP contribution is -2.56. The SMILES string of the molecule is CCC(C)(C)C(=O)N[C@H](C)C(=O)N[C@@H](C(=O)NCCOCCOCCOCCN)C(C)C. The second-order valence-electron chi connectivity index (χ2n) is 8.58. The van der Waals surface area contributed by atoms with E-state index in [2.05, 4.69) is 16.0 Å². The van der Waals surface area contributed by atoms with Crippen LogP contribution in [0.3, 0.4) is 0 Å². The largest absolute Gasteiger partial charge is 0.378 e. The first kappa shape index (κ1) is 30.2. The van der Waals surface area contributed by atoms with Gasteiger partial charge in [-0.25, -0.2) is 0 Å². The maximum Gasteiger partial charge on any atom is 0.242 e. The average Bonchev–Trinajstić information content (AvgIpc) is 2.74. The van der Waals surface area contributed by atoms with Crippen molar-refractivity contribution in [3.63, 3.8) is 0 Å². The fourth-order valence-electron chi connectivity index (χ4n) is 2.41. The topological polar surface area (TPSA) is 141 Å². The summed E-state index contributed by atoms with van der Waals surface area (Å²) in [6.07, 6.45) is 0.654. The van der Waals surface area contributed by atoms with Crippen LogP contribution < -0.4 is 21.7 Å². The number of carbonyl (C=O) groups is 3. The van der Waals surface area contributed by atoms with E-state index < -0.39 is 23.4 Å². The fraction of sp³-hybridized carbons (Fsp3) is 0.864. The number of carbonyl (C=O) groups excluding carboxylic acids is 3. The molecule has 0 saturated carbocycles. The summed E-state index contributed by atoms with van der Waals surface area (Å²) in [6, 6.07) is -1.45. The van der Waals surface area contributed by atoms with Gasteiger partial charge in [-0.15, -0.1) is 0 Å². The van der Waals surface area contributed by atoms with Gasteiger partial charge in [-0.05, 0) is 19.3 Å². The Kier molecular flexibility index (Phi) is 15.9. The van der Waals surface area contributed by atoms with Crippen molar-refractivity contribution in [1.29, 1.82) is 0 Å². The Hall–Kier alpha value is -1.75. The molecule has 5 N–H and O–H groups in total. The highest BCUT2D eigenvalue weighted by atomic mass is 16.5. The van der Waals surface area contributed by atoms with Crippen molar-refractivity contribution in [3.05, 3.63) is 0 Å². The minimum Gasteiger partial charge on any atom is -0.378 e. The molecule has 0 aromatic rings. The summed E-state index contributed by atoms with van der Waals surface area (Å²) in [5.41, 5.74) is 4.75. The quantitative estimate of drug-likeness (QED) is 0.214. The Morgan fingerprint density at radius 3 is 1.88 bits per heavy atom. The first-order valence-corrected chi connectivity index (χ1v) is 11.4. The zero-order valence-electron chi connectivity index (χ0n) is 20.6. The smallest absolute Gasteiger partial charge is 0.242 e. The van der Waals surface area contributed by atoms with Crippen LogP contribution in [-0.2, 0) is 28.6 Å². The van der Waals surface area contributed by atoms with Crippen molar-refractivity contribution in [3.8, 4) is 0 Å². The number of rotatable bonds is 18. The first-order chi connectivity index (χ1) is 15.1. The highest BCUT2D eigenvalue weighted by Crippen LogP contribution is 2.19. The molecule has 0 heterocycles. The van der Waals surface area contributed by atoms with Crippen LogP contribution in [0.1, 0.15) is 48.0 Å². The molecule has 0 aliphatic rings. The number of amides is 3. The summed E-state index contributed by atoms with van der Waals surface area (Å²) < 4.78 is 16.0. The molecule has 0 saturated heterocycles. The van der Waals surface area contributed by atoms with Crippen molar-refractivity contribution in [2.24, 2.45) is 17.1 Å². The molecule has 0 rings (SSSR count). The van der Waals surface area contributed by atoms with Crippen molar-refractivity contribution in [2.45, 2.75) is 60.0 Å². The molecule has 0 unspecified atom stereocenters. The standard InChI is InChI=1S/C22H44N4O6/c1-7-22(5,6)21(29)25-17(4)19(27)26-18(16(2)3)20(28)24-9-11-31-13-15-32-14-12-30-10-8-23/h16-18H,7-15,23H2,1-6H3,(H,24,28)(H,25,29)(H,26,27)/t17-,18-/m1/s1. The Balaban J connectivity index is 4.23. The minimum atomic E-state index is -0.744. The number of hydrogen-bond acceptors (Lipinski definition) is 7. The molecule has 0 aromatic heterocycles. The van der Waals surface area contributed by atoms with E-state index in [9.17, 15) is 14.4 Å². The summed E-state index contributed by atoms with van der Waals surface area (Å²) in [7, 11) is 0. The second-order valence-corrected chi connectivity index (χ2v) is 8.58. The number of ether oxygens (including phenoxy) is 3. The van der Waals surface area contributed by atoms with Gasteiger partial charge in [0.1, 0.15) is 12.1 Å². The molecule has 188 valence electrons. The highest BCUT2D eigenvalue weighted by Gasteiger charge is 2.30. The molecule has 0 bridgehead atoms. The molecule has 0 radical (unpaired) electrons. The lowest BCUT2D eigenvalue weighted by atomic mass is 9.89. The van der Waals surface area contributed by atoms with E-state index in [1.54, 1.807) is 6.92 Å². The van der Waals surface area contributed by atoms with E-state index >= 15 is 0 Å². The van der Waals surface area contributed by atoms with Gasteiger partial charge >= 0.3 is 0 Å². The van der Waals surface area contributed by atoms with Crippen LogP contribution in [-0.4, -0.2) is 82.5 Å². The third-order valence-electron chi connectivity index (χ3n) is 5.04. The molecule has 0 aliphatic carbocycles. The molecule has 32 heavy (non-hydrogen) atoms. The van der Waals surface area contributed by atoms with Gasteiger partial charge in [0.15, 0.2) is 0 Å². The van der Waals surface area contributed by atoms with Crippen LogP contribution in [0.15, 0.2) is 0 Å². The summed E-state index contributed by atoms with van der Waals surface area (Å²) in [5, 5.41) is 8.22. The minimum absolute atomic E-state index is 0.121. The Morgan fingerprint density at radius 1 is 0.844 bits per heavy atom. The highest BCUT2D eigenvalue weighted by molar-refractivity contribution is 5.92. The van der Waals surface area contributed by atoms with Gasteiger partial charge in [0.2, 0.25) is 17.7 Å². The number of nitrogens with two attached hydrogens (primary N) is 1. The third-order valence-corrected chi connectivity index (χ3v) is 5.04. The lowest BCUT2D eigenvalue weighted by Gasteiger charge is -2.26. The molecule has 10 nitrogen and oxygen atoms in total. The van der Waals surface area contributed by atoms with Crippen molar-refractivity contribution in [2.75, 3.05) is 52.7 Å². The van der Waals surface area contributed by atoms with Gasteiger partial charge in [0.05, 0.1) is 39.6 Å². The lowest BCUT2D eigenvalue weighted by molar-refractivity contribution is -0.135. The zero-order chi connectivity index (χ0) is 24.6. The van der Waals surface area contributed by atoms with Gasteiger partial charge in [0.25, 0.3) is 0 Å². The van der Waals surface area contributed by atoms with Crippen molar-refractivity contribution < 1.29 is 28.6 Å². The van der Waals surface area contributed by atoms with Gasteiger partial charge in [-0.2, -0.15) is 0 Å². The number of hydrogen-bond donors (Lipinski definition) is 4. The average molecular weight is 461 g/mol. The molecular weight excluding hydrogens is 416 g/mol. The maximum atomic E-state index is 12.5. The van der Waals surface area contributed by atoms with E-state index in [4.69, 9.17) is 19.9 Å². The monoisotopic (exact) mass is 460 g/mol. The summed E-state index contributed by atoms with van der Waals surface area (Å²) in [6.45, 7) is 14.3. The van der Waals surface area contributed by atoms with Gasteiger partial charge in [0, 0.05) is 18.5 Å².